The van der Waals surface area contributed by atoms with Crippen molar-refractivity contribution in [2.24, 2.45) is 0 Å². The minimum Gasteiger partial charge on any atom is -0.454 e. The zero-order valence-electron chi connectivity index (χ0n) is 4.20. The van der Waals surface area contributed by atoms with Crippen molar-refractivity contribution in [1.29, 1.82) is 0 Å². The van der Waals surface area contributed by atoms with Gasteiger partial charge in [-0.15, -0.1) is 0 Å². The molecule has 44 valence electrons. The van der Waals surface area contributed by atoms with Gasteiger partial charge in [-0.3, -0.25) is 0 Å². The minimum absolute atomic E-state index is 0.0918. The van der Waals surface area contributed by atoms with Crippen molar-refractivity contribution in [3.05, 3.63) is 12.2 Å². The van der Waals surface area contributed by atoms with E-state index in [2.05, 4.69) is 17.4 Å². The molecule has 0 aromatic rings. The summed E-state index contributed by atoms with van der Waals surface area (Å²) in [4.78, 5) is 10.3. The van der Waals surface area contributed by atoms with E-state index < -0.39 is 0 Å². The van der Waals surface area contributed by atoms with E-state index in [9.17, 15) is 4.79 Å². The van der Waals surface area contributed by atoms with Gasteiger partial charge in [0.2, 0.25) is 0 Å². The van der Waals surface area contributed by atoms with Gasteiger partial charge >= 0.3 is 5.97 Å². The van der Waals surface area contributed by atoms with Crippen molar-refractivity contribution < 1.29 is 9.53 Å². The number of carbonyl (C=O) groups excluding carboxylic acids is 1. The molecule has 1 aliphatic heterocycles. The second kappa shape index (κ2) is 2.22. The lowest BCUT2D eigenvalue weighted by atomic mass is 10.4. The molecule has 3 heteroatoms. The zero-order chi connectivity index (χ0) is 5.98. The molecule has 0 saturated heterocycles. The molecule has 0 amide bonds. The van der Waals surface area contributed by atoms with Gasteiger partial charge in [-0.2, -0.15) is 12.6 Å². The van der Waals surface area contributed by atoms with E-state index in [-0.39, 0.29) is 12.1 Å². The van der Waals surface area contributed by atoms with Crippen LogP contribution in [-0.4, -0.2) is 17.8 Å². The van der Waals surface area contributed by atoms with Gasteiger partial charge in [0, 0.05) is 11.8 Å². The van der Waals surface area contributed by atoms with E-state index in [0.717, 1.165) is 0 Å². The number of carbonyl (C=O) groups is 1. The fourth-order valence-electron chi connectivity index (χ4n) is 0.512. The van der Waals surface area contributed by atoms with Crippen molar-refractivity contribution in [3.63, 3.8) is 0 Å². The fraction of sp³-hybridized carbons (Fsp3) is 0.400. The first kappa shape index (κ1) is 5.69. The molecular formula is C5H6O2S. The first-order chi connectivity index (χ1) is 3.83. The number of rotatable bonds is 1. The number of hydrogen-bond donors (Lipinski definition) is 1. The average Bonchev–Trinajstić information content (AvgIpc) is 2.14. The molecule has 1 aliphatic rings. The van der Waals surface area contributed by atoms with Gasteiger partial charge in [0.05, 0.1) is 0 Å². The van der Waals surface area contributed by atoms with Crippen LogP contribution in [0.3, 0.4) is 0 Å². The van der Waals surface area contributed by atoms with E-state index in [1.54, 1.807) is 6.08 Å². The molecule has 0 spiro atoms. The summed E-state index contributed by atoms with van der Waals surface area (Å²) >= 11 is 3.93. The summed E-state index contributed by atoms with van der Waals surface area (Å²) in [5.41, 5.74) is 0. The Morgan fingerprint density at radius 1 is 1.88 bits per heavy atom. The summed E-state index contributed by atoms with van der Waals surface area (Å²) < 4.78 is 4.68. The maximum atomic E-state index is 10.3. The molecule has 0 N–H and O–H groups in total. The van der Waals surface area contributed by atoms with Gasteiger partial charge in [0.25, 0.3) is 0 Å². The first-order valence-corrected chi connectivity index (χ1v) is 2.96. The molecule has 0 fully saturated rings. The zero-order valence-corrected chi connectivity index (χ0v) is 5.10. The molecule has 8 heavy (non-hydrogen) atoms. The van der Waals surface area contributed by atoms with Crippen molar-refractivity contribution >= 4 is 18.6 Å². The summed E-state index contributed by atoms with van der Waals surface area (Å²) in [6.45, 7) is 0. The molecule has 1 rings (SSSR count). The van der Waals surface area contributed by atoms with Gasteiger partial charge in [-0.1, -0.05) is 0 Å². The second-order valence-electron chi connectivity index (χ2n) is 1.52. The molecule has 1 heterocycles. The lowest BCUT2D eigenvalue weighted by Gasteiger charge is -2.00. The van der Waals surface area contributed by atoms with Crippen LogP contribution in [0.4, 0.5) is 0 Å². The van der Waals surface area contributed by atoms with Gasteiger partial charge in [0.15, 0.2) is 0 Å². The number of thiol groups is 1. The maximum Gasteiger partial charge on any atom is 0.331 e. The SMILES string of the molecule is O=C1C=CC(CS)O1. The highest BCUT2D eigenvalue weighted by atomic mass is 32.1. The second-order valence-corrected chi connectivity index (χ2v) is 1.88. The van der Waals surface area contributed by atoms with Crippen LogP contribution in [-0.2, 0) is 9.53 Å². The Morgan fingerprint density at radius 3 is 2.88 bits per heavy atom. The van der Waals surface area contributed by atoms with Crippen LogP contribution in [0, 0.1) is 0 Å². The Morgan fingerprint density at radius 2 is 2.62 bits per heavy atom. The van der Waals surface area contributed by atoms with Crippen molar-refractivity contribution in [1.82, 2.24) is 0 Å². The lowest BCUT2D eigenvalue weighted by molar-refractivity contribution is -0.137. The largest absolute Gasteiger partial charge is 0.454 e. The molecular weight excluding hydrogens is 124 g/mol. The highest BCUT2D eigenvalue weighted by molar-refractivity contribution is 7.80. The van der Waals surface area contributed by atoms with Crippen LogP contribution in [0.1, 0.15) is 0 Å². The minimum atomic E-state index is -0.260. The number of esters is 1. The van der Waals surface area contributed by atoms with Gasteiger partial charge in [-0.25, -0.2) is 4.79 Å². The Labute approximate surface area is 52.9 Å². The summed E-state index contributed by atoms with van der Waals surface area (Å²) in [5, 5.41) is 0. The molecule has 0 saturated carbocycles. The summed E-state index contributed by atoms with van der Waals surface area (Å²) in [6.07, 6.45) is 3.03. The highest BCUT2D eigenvalue weighted by Gasteiger charge is 2.13. The van der Waals surface area contributed by atoms with Crippen molar-refractivity contribution in [3.8, 4) is 0 Å². The third kappa shape index (κ3) is 1.04. The molecule has 0 bridgehead atoms. The molecule has 1 unspecified atom stereocenters. The van der Waals surface area contributed by atoms with Crippen molar-refractivity contribution in [2.75, 3.05) is 5.75 Å². The third-order valence-electron chi connectivity index (χ3n) is 0.894. The number of cyclic esters (lactones) is 1. The predicted molar refractivity (Wildman–Crippen MR) is 32.9 cm³/mol. The van der Waals surface area contributed by atoms with Crippen LogP contribution in [0.15, 0.2) is 12.2 Å². The van der Waals surface area contributed by atoms with Gasteiger partial charge in [-0.05, 0) is 6.08 Å². The van der Waals surface area contributed by atoms with Crippen LogP contribution in [0.2, 0.25) is 0 Å². The van der Waals surface area contributed by atoms with E-state index in [4.69, 9.17) is 0 Å². The molecule has 0 radical (unpaired) electrons. The highest BCUT2D eigenvalue weighted by Crippen LogP contribution is 2.04. The van der Waals surface area contributed by atoms with E-state index in [1.807, 2.05) is 0 Å². The van der Waals surface area contributed by atoms with Crippen LogP contribution in [0.5, 0.6) is 0 Å². The Kier molecular flexibility index (Phi) is 1.58. The summed E-state index contributed by atoms with van der Waals surface area (Å²) in [6, 6.07) is 0. The Balaban J connectivity index is 2.46. The number of hydrogen-bond acceptors (Lipinski definition) is 3. The Bertz CT molecular complexity index is 130. The fourth-order valence-corrected chi connectivity index (χ4v) is 0.708. The molecule has 0 aliphatic carbocycles. The van der Waals surface area contributed by atoms with E-state index >= 15 is 0 Å². The monoisotopic (exact) mass is 130 g/mol. The quantitative estimate of drug-likeness (QED) is 0.410. The average molecular weight is 130 g/mol. The predicted octanol–water partition coefficient (Wildman–Crippen LogP) is 0.398. The van der Waals surface area contributed by atoms with E-state index in [0.29, 0.717) is 5.75 Å². The third-order valence-corrected chi connectivity index (χ3v) is 1.25. The molecule has 2 nitrogen and oxygen atoms in total. The molecule has 1 atom stereocenters. The molecule has 0 aromatic heterocycles. The standard InChI is InChI=1S/C5H6O2S/c6-5-2-1-4(3-8)7-5/h1-2,4,8H,3H2. The Hall–Kier alpha value is -0.440. The summed E-state index contributed by atoms with van der Waals surface area (Å²) in [5.74, 6) is 0.312. The maximum absolute atomic E-state index is 10.3. The van der Waals surface area contributed by atoms with Crippen molar-refractivity contribution in [2.45, 2.75) is 6.10 Å². The lowest BCUT2D eigenvalue weighted by Crippen LogP contribution is -2.08. The topological polar surface area (TPSA) is 26.3 Å². The van der Waals surface area contributed by atoms with Crippen LogP contribution in [0.25, 0.3) is 0 Å². The van der Waals surface area contributed by atoms with E-state index in [1.165, 1.54) is 6.08 Å². The first-order valence-electron chi connectivity index (χ1n) is 2.32. The smallest absolute Gasteiger partial charge is 0.331 e. The van der Waals surface area contributed by atoms with Gasteiger partial charge < -0.3 is 4.74 Å². The number of ether oxygens (including phenoxy) is 1. The molecule has 0 aromatic carbocycles. The van der Waals surface area contributed by atoms with Crippen LogP contribution < -0.4 is 0 Å². The van der Waals surface area contributed by atoms with Crippen LogP contribution >= 0.6 is 12.6 Å². The normalized spacial score (nSPS) is 26.1. The van der Waals surface area contributed by atoms with Gasteiger partial charge in [0.1, 0.15) is 6.10 Å². The summed E-state index contributed by atoms with van der Waals surface area (Å²) in [7, 11) is 0.